The van der Waals surface area contributed by atoms with Crippen molar-refractivity contribution in [3.05, 3.63) is 96.7 Å². The van der Waals surface area contributed by atoms with Crippen LogP contribution in [0.1, 0.15) is 21.9 Å². The standard InChI is InChI=1S/C24H16/c1-2-7-17(8-3-1)23-12-6-11-20-15-21-13-18-9-4-5-10-19(18)14-22(21)16-24(20)23/h1-16H/i1D,2D,3D,4D,5D,6D,7D,8D,9D,10D,11D,12D,13D,14D,15D,16D. The summed E-state index contributed by atoms with van der Waals surface area (Å²) in [7, 11) is 0. The Labute approximate surface area is 163 Å². The average molecular weight is 320 g/mol. The molecule has 0 nitrogen and oxygen atoms in total. The van der Waals surface area contributed by atoms with Crippen LogP contribution in [0.5, 0.6) is 0 Å². The van der Waals surface area contributed by atoms with Gasteiger partial charge < -0.3 is 0 Å². The molecule has 0 radical (unpaired) electrons. The summed E-state index contributed by atoms with van der Waals surface area (Å²) in [5, 5.41) is -2.41. The molecule has 0 fully saturated rings. The van der Waals surface area contributed by atoms with Crippen LogP contribution in [0.2, 0.25) is 0 Å². The lowest BCUT2D eigenvalue weighted by atomic mass is 9.94. The van der Waals surface area contributed by atoms with Gasteiger partial charge in [-0.25, -0.2) is 0 Å². The second kappa shape index (κ2) is 5.21. The molecular formula is C24H16. The Hall–Kier alpha value is -3.12. The van der Waals surface area contributed by atoms with Crippen molar-refractivity contribution >= 4 is 32.3 Å². The first-order chi connectivity index (χ1) is 18.6. The van der Waals surface area contributed by atoms with Gasteiger partial charge in [-0.15, -0.1) is 0 Å². The summed E-state index contributed by atoms with van der Waals surface area (Å²) < 4.78 is 134. The number of fused-ring (bicyclic) bond motifs is 3. The van der Waals surface area contributed by atoms with Crippen LogP contribution in [-0.4, -0.2) is 0 Å². The molecule has 0 saturated heterocycles. The monoisotopic (exact) mass is 320 g/mol. The fourth-order valence-electron chi connectivity index (χ4n) is 2.50. The van der Waals surface area contributed by atoms with E-state index in [-0.39, 0.29) is 10.8 Å². The molecule has 0 atom stereocenters. The van der Waals surface area contributed by atoms with Crippen LogP contribution in [0.25, 0.3) is 43.4 Å². The molecular weight excluding hydrogens is 288 g/mol. The number of hydrogen-bond acceptors (Lipinski definition) is 0. The van der Waals surface area contributed by atoms with Crippen LogP contribution in [0.4, 0.5) is 0 Å². The van der Waals surface area contributed by atoms with E-state index < -0.39 is 129 Å². The first-order valence-corrected chi connectivity index (χ1v) is 7.00. The fourth-order valence-corrected chi connectivity index (χ4v) is 2.50. The smallest absolute Gasteiger partial charge is 0.0622 e. The van der Waals surface area contributed by atoms with Gasteiger partial charge in [0.05, 0.1) is 21.9 Å². The van der Waals surface area contributed by atoms with Crippen molar-refractivity contribution in [1.82, 2.24) is 0 Å². The maximum absolute atomic E-state index is 9.05. The highest BCUT2D eigenvalue weighted by atomic mass is 14.1. The second-order valence-corrected chi connectivity index (χ2v) is 5.00. The summed E-state index contributed by atoms with van der Waals surface area (Å²) in [4.78, 5) is 0. The minimum absolute atomic E-state index is 0.365. The molecule has 0 aliphatic rings. The maximum atomic E-state index is 9.05. The average Bonchev–Trinajstić information content (AvgIpc) is 2.91. The zero-order valence-corrected chi connectivity index (χ0v) is 12.0. The summed E-state index contributed by atoms with van der Waals surface area (Å²) in [6.45, 7) is 0. The van der Waals surface area contributed by atoms with Gasteiger partial charge in [0.15, 0.2) is 0 Å². The quantitative estimate of drug-likeness (QED) is 0.297. The van der Waals surface area contributed by atoms with E-state index in [9.17, 15) is 0 Å². The van der Waals surface area contributed by atoms with E-state index in [1.165, 1.54) is 0 Å². The highest BCUT2D eigenvalue weighted by Crippen LogP contribution is 2.33. The molecule has 0 saturated carbocycles. The molecule has 0 bridgehead atoms. The van der Waals surface area contributed by atoms with Gasteiger partial charge in [0.25, 0.3) is 0 Å². The molecule has 0 aliphatic carbocycles. The third kappa shape index (κ3) is 2.08. The minimum Gasteiger partial charge on any atom is -0.0622 e. The highest BCUT2D eigenvalue weighted by Gasteiger charge is 2.06. The van der Waals surface area contributed by atoms with Crippen molar-refractivity contribution in [3.8, 4) is 11.1 Å². The summed E-state index contributed by atoms with van der Waals surface area (Å²) in [6.07, 6.45) is 0. The van der Waals surface area contributed by atoms with E-state index >= 15 is 0 Å². The molecule has 0 spiro atoms. The minimum atomic E-state index is -0.762. The predicted molar refractivity (Wildman–Crippen MR) is 104 cm³/mol. The van der Waals surface area contributed by atoms with Crippen LogP contribution < -0.4 is 0 Å². The Morgan fingerprint density at radius 1 is 0.458 bits per heavy atom. The van der Waals surface area contributed by atoms with Gasteiger partial charge in [0, 0.05) is 0 Å². The molecule has 0 heteroatoms. The third-order valence-corrected chi connectivity index (χ3v) is 3.56. The molecule has 112 valence electrons. The van der Waals surface area contributed by atoms with Crippen molar-refractivity contribution in [3.63, 3.8) is 0 Å². The lowest BCUT2D eigenvalue weighted by Crippen LogP contribution is -1.83. The van der Waals surface area contributed by atoms with E-state index in [1.54, 1.807) is 0 Å². The van der Waals surface area contributed by atoms with E-state index in [1.807, 2.05) is 0 Å². The molecule has 0 aromatic heterocycles. The summed E-state index contributed by atoms with van der Waals surface area (Å²) in [5.74, 6) is 0. The zero-order chi connectivity index (χ0) is 29.9. The molecule has 0 aliphatic heterocycles. The first-order valence-electron chi connectivity index (χ1n) is 15.0. The normalized spacial score (nSPS) is 20.7. The van der Waals surface area contributed by atoms with Gasteiger partial charge in [0.2, 0.25) is 0 Å². The lowest BCUT2D eigenvalue weighted by Gasteiger charge is -2.10. The number of rotatable bonds is 1. The lowest BCUT2D eigenvalue weighted by molar-refractivity contribution is 1.66. The Morgan fingerprint density at radius 2 is 1.04 bits per heavy atom. The molecule has 0 heterocycles. The van der Waals surface area contributed by atoms with Gasteiger partial charge in [-0.3, -0.25) is 0 Å². The number of hydrogen-bond donors (Lipinski definition) is 0. The topological polar surface area (TPSA) is 0 Å². The summed E-state index contributed by atoms with van der Waals surface area (Å²) >= 11 is 0. The van der Waals surface area contributed by atoms with Crippen LogP contribution in [0.15, 0.2) is 96.7 Å². The van der Waals surface area contributed by atoms with Crippen molar-refractivity contribution in [2.45, 2.75) is 0 Å². The Balaban J connectivity index is 2.19. The van der Waals surface area contributed by atoms with E-state index in [4.69, 9.17) is 21.9 Å². The van der Waals surface area contributed by atoms with E-state index in [0.717, 1.165) is 0 Å². The van der Waals surface area contributed by atoms with Crippen LogP contribution in [0, 0.1) is 0 Å². The molecule has 0 unspecified atom stereocenters. The predicted octanol–water partition coefficient (Wildman–Crippen LogP) is 6.81. The fraction of sp³-hybridized carbons (Fsp3) is 0. The molecule has 0 N–H and O–H groups in total. The van der Waals surface area contributed by atoms with Crippen LogP contribution in [-0.2, 0) is 0 Å². The van der Waals surface area contributed by atoms with E-state index in [2.05, 4.69) is 0 Å². The van der Waals surface area contributed by atoms with Crippen molar-refractivity contribution in [2.24, 2.45) is 0 Å². The largest absolute Gasteiger partial charge is 0.0636 e. The molecule has 24 heavy (non-hydrogen) atoms. The van der Waals surface area contributed by atoms with Crippen LogP contribution in [0.3, 0.4) is 0 Å². The van der Waals surface area contributed by atoms with Crippen molar-refractivity contribution < 1.29 is 21.9 Å². The van der Waals surface area contributed by atoms with Gasteiger partial charge >= 0.3 is 0 Å². The third-order valence-electron chi connectivity index (χ3n) is 3.56. The van der Waals surface area contributed by atoms with Gasteiger partial charge in [0.1, 0.15) is 0 Å². The maximum Gasteiger partial charge on any atom is 0.0636 e. The zero-order valence-electron chi connectivity index (χ0n) is 28.0. The molecule has 5 aromatic rings. The van der Waals surface area contributed by atoms with Crippen LogP contribution >= 0.6 is 0 Å². The Bertz CT molecular complexity index is 1980. The van der Waals surface area contributed by atoms with Crippen molar-refractivity contribution in [1.29, 1.82) is 0 Å². The van der Waals surface area contributed by atoms with Gasteiger partial charge in [-0.05, 0) is 67.6 Å². The van der Waals surface area contributed by atoms with Gasteiger partial charge in [-0.1, -0.05) is 72.5 Å². The van der Waals surface area contributed by atoms with Gasteiger partial charge in [-0.2, -0.15) is 0 Å². The molecule has 5 aromatic carbocycles. The number of benzene rings is 5. The Morgan fingerprint density at radius 3 is 1.79 bits per heavy atom. The molecule has 0 amide bonds. The summed E-state index contributed by atoms with van der Waals surface area (Å²) in [5.41, 5.74) is -1.03. The Kier molecular flexibility index (Phi) is 1.07. The summed E-state index contributed by atoms with van der Waals surface area (Å²) in [6, 6.07) is -11.0. The highest BCUT2D eigenvalue weighted by molar-refractivity contribution is 6.08. The molecule has 5 rings (SSSR count). The van der Waals surface area contributed by atoms with E-state index in [0.29, 0.717) is 0 Å². The first kappa shape index (κ1) is 4.94. The second-order valence-electron chi connectivity index (χ2n) is 5.00. The van der Waals surface area contributed by atoms with Crippen molar-refractivity contribution in [2.75, 3.05) is 0 Å². The SMILES string of the molecule is [2H]c1c([2H])c([2H])c(-c2c([2H])c([2H])c([2H])c3c([2H])c4c([2H])c5c([2H])c([2H])c([2H])c([2H])c5c([2H])c4c([2H])c23)c([2H])c1[2H].